The van der Waals surface area contributed by atoms with Crippen LogP contribution in [0.1, 0.15) is 31.1 Å². The zero-order valence-electron chi connectivity index (χ0n) is 9.60. The fraction of sp³-hybridized carbons (Fsp3) is 0.308. The van der Waals surface area contributed by atoms with E-state index in [0.29, 0.717) is 0 Å². The number of aromatic nitrogens is 1. The molecule has 0 saturated heterocycles. The first kappa shape index (κ1) is 11.4. The fourth-order valence-electron chi connectivity index (χ4n) is 1.68. The minimum absolute atomic E-state index is 0.164. The normalized spacial score (nSPS) is 12.0. The van der Waals surface area contributed by atoms with E-state index in [4.69, 9.17) is 0 Å². The lowest BCUT2D eigenvalue weighted by atomic mass is 9.86. The van der Waals surface area contributed by atoms with Gasteiger partial charge in [0.05, 0.1) is 0 Å². The summed E-state index contributed by atoms with van der Waals surface area (Å²) >= 11 is 3.43. The van der Waals surface area contributed by atoms with Gasteiger partial charge in [0, 0.05) is 32.6 Å². The number of carbonyl (C=O) groups is 1. The van der Waals surface area contributed by atoms with Gasteiger partial charge in [0.25, 0.3) is 0 Å². The second kappa shape index (κ2) is 3.74. The summed E-state index contributed by atoms with van der Waals surface area (Å²) in [5.41, 5.74) is 1.41. The summed E-state index contributed by atoms with van der Waals surface area (Å²) in [6, 6.07) is 5.91. The van der Waals surface area contributed by atoms with Gasteiger partial charge in [-0.2, -0.15) is 0 Å². The highest BCUT2D eigenvalue weighted by molar-refractivity contribution is 9.10. The maximum Gasteiger partial charge on any atom is 0.170 e. The molecule has 2 aromatic rings. The van der Waals surface area contributed by atoms with Crippen LogP contribution in [0.2, 0.25) is 0 Å². The van der Waals surface area contributed by atoms with Crippen molar-refractivity contribution in [3.63, 3.8) is 0 Å². The maximum atomic E-state index is 12.2. The van der Waals surface area contributed by atoms with Gasteiger partial charge in [-0.25, -0.2) is 0 Å². The summed E-state index contributed by atoms with van der Waals surface area (Å²) in [7, 11) is 0. The Bertz CT molecular complexity index is 549. The van der Waals surface area contributed by atoms with Crippen LogP contribution in [0.15, 0.2) is 28.9 Å². The Morgan fingerprint density at radius 1 is 1.31 bits per heavy atom. The molecule has 1 aromatic heterocycles. The predicted molar refractivity (Wildman–Crippen MR) is 69.8 cm³/mol. The quantitative estimate of drug-likeness (QED) is 0.782. The molecule has 0 aliphatic carbocycles. The van der Waals surface area contributed by atoms with Gasteiger partial charge in [-0.1, -0.05) is 36.7 Å². The summed E-state index contributed by atoms with van der Waals surface area (Å²) in [5, 5.41) is 0.981. The van der Waals surface area contributed by atoms with E-state index in [-0.39, 0.29) is 11.2 Å². The van der Waals surface area contributed by atoms with Crippen LogP contribution in [0.25, 0.3) is 10.9 Å². The number of nitrogens with one attached hydrogen (secondary N) is 1. The minimum atomic E-state index is -0.350. The van der Waals surface area contributed by atoms with Crippen LogP contribution < -0.4 is 0 Å². The van der Waals surface area contributed by atoms with E-state index in [9.17, 15) is 4.79 Å². The molecule has 0 unspecified atom stereocenters. The SMILES string of the molecule is CC(C)(C)C(=O)c1c[nH]c2ccc(Br)cc12. The van der Waals surface area contributed by atoms with Crippen molar-refractivity contribution in [2.45, 2.75) is 20.8 Å². The van der Waals surface area contributed by atoms with Crippen LogP contribution in [0.3, 0.4) is 0 Å². The number of fused-ring (bicyclic) bond motifs is 1. The Morgan fingerprint density at radius 2 is 2.00 bits per heavy atom. The average molecular weight is 280 g/mol. The molecule has 0 spiro atoms. The molecule has 1 aromatic carbocycles. The van der Waals surface area contributed by atoms with Crippen molar-refractivity contribution in [3.05, 3.63) is 34.4 Å². The molecule has 0 atom stereocenters. The number of hydrogen-bond acceptors (Lipinski definition) is 1. The molecule has 1 N–H and O–H groups in total. The number of halogens is 1. The summed E-state index contributed by atoms with van der Waals surface area (Å²) in [6.45, 7) is 5.81. The highest BCUT2D eigenvalue weighted by Gasteiger charge is 2.25. The van der Waals surface area contributed by atoms with Crippen molar-refractivity contribution in [2.75, 3.05) is 0 Å². The zero-order valence-corrected chi connectivity index (χ0v) is 11.2. The smallest absolute Gasteiger partial charge is 0.170 e. The molecule has 0 aliphatic heterocycles. The largest absolute Gasteiger partial charge is 0.360 e. The number of benzene rings is 1. The highest BCUT2D eigenvalue weighted by Crippen LogP contribution is 2.28. The first-order chi connectivity index (χ1) is 7.39. The van der Waals surface area contributed by atoms with Crippen molar-refractivity contribution in [2.24, 2.45) is 5.41 Å². The molecule has 16 heavy (non-hydrogen) atoms. The Labute approximate surface area is 103 Å². The molecule has 0 amide bonds. The molecule has 2 rings (SSSR count). The van der Waals surface area contributed by atoms with Crippen molar-refractivity contribution in [1.82, 2.24) is 4.98 Å². The van der Waals surface area contributed by atoms with Gasteiger partial charge in [-0.05, 0) is 18.2 Å². The number of ketones is 1. The molecule has 0 fully saturated rings. The van der Waals surface area contributed by atoms with Crippen LogP contribution in [-0.2, 0) is 0 Å². The fourth-order valence-corrected chi connectivity index (χ4v) is 2.05. The van der Waals surface area contributed by atoms with E-state index in [1.807, 2.05) is 39.0 Å². The van der Waals surface area contributed by atoms with Crippen molar-refractivity contribution < 1.29 is 4.79 Å². The maximum absolute atomic E-state index is 12.2. The summed E-state index contributed by atoms with van der Waals surface area (Å²) in [6.07, 6.45) is 1.80. The van der Waals surface area contributed by atoms with E-state index in [1.165, 1.54) is 0 Å². The lowest BCUT2D eigenvalue weighted by Gasteiger charge is -2.15. The molecule has 0 aliphatic rings. The Kier molecular flexibility index (Phi) is 2.66. The third kappa shape index (κ3) is 1.92. The number of hydrogen-bond donors (Lipinski definition) is 1. The minimum Gasteiger partial charge on any atom is -0.360 e. The molecule has 84 valence electrons. The first-order valence-electron chi connectivity index (χ1n) is 5.21. The Balaban J connectivity index is 2.62. The molecule has 0 bridgehead atoms. The van der Waals surface area contributed by atoms with Gasteiger partial charge in [-0.3, -0.25) is 4.79 Å². The van der Waals surface area contributed by atoms with Gasteiger partial charge < -0.3 is 4.98 Å². The summed E-state index contributed by atoms with van der Waals surface area (Å²) in [4.78, 5) is 15.3. The number of H-pyrrole nitrogens is 1. The van der Waals surface area contributed by atoms with Crippen molar-refractivity contribution in [3.8, 4) is 0 Å². The molecular formula is C13H14BrNO. The first-order valence-corrected chi connectivity index (χ1v) is 6.00. The van der Waals surface area contributed by atoms with Crippen molar-refractivity contribution in [1.29, 1.82) is 0 Å². The summed E-state index contributed by atoms with van der Waals surface area (Å²) < 4.78 is 0.988. The monoisotopic (exact) mass is 279 g/mol. The summed E-state index contributed by atoms with van der Waals surface area (Å²) in [5.74, 6) is 0.164. The van der Waals surface area contributed by atoms with Crippen LogP contribution >= 0.6 is 15.9 Å². The standard InChI is InChI=1S/C13H14BrNO/c1-13(2,3)12(16)10-7-15-11-5-4-8(14)6-9(10)11/h4-7,15H,1-3H3. The van der Waals surface area contributed by atoms with E-state index in [0.717, 1.165) is 20.9 Å². The van der Waals surface area contributed by atoms with Crippen LogP contribution in [-0.4, -0.2) is 10.8 Å². The number of rotatable bonds is 1. The molecule has 3 heteroatoms. The average Bonchev–Trinajstić information content (AvgIpc) is 2.57. The van der Waals surface area contributed by atoms with Crippen LogP contribution in [0.5, 0.6) is 0 Å². The number of carbonyl (C=O) groups excluding carboxylic acids is 1. The molecular weight excluding hydrogens is 266 g/mol. The van der Waals surface area contributed by atoms with E-state index < -0.39 is 0 Å². The van der Waals surface area contributed by atoms with Gasteiger partial charge >= 0.3 is 0 Å². The van der Waals surface area contributed by atoms with Crippen molar-refractivity contribution >= 4 is 32.6 Å². The Hall–Kier alpha value is -1.09. The lowest BCUT2D eigenvalue weighted by molar-refractivity contribution is 0.0860. The second-order valence-electron chi connectivity index (χ2n) is 4.97. The van der Waals surface area contributed by atoms with Gasteiger partial charge in [0.15, 0.2) is 5.78 Å². The highest BCUT2D eigenvalue weighted by atomic mass is 79.9. The van der Waals surface area contributed by atoms with Gasteiger partial charge in [0.1, 0.15) is 0 Å². The molecule has 2 nitrogen and oxygen atoms in total. The second-order valence-corrected chi connectivity index (χ2v) is 5.89. The topological polar surface area (TPSA) is 32.9 Å². The third-order valence-electron chi connectivity index (χ3n) is 2.57. The predicted octanol–water partition coefficient (Wildman–Crippen LogP) is 4.16. The van der Waals surface area contributed by atoms with Crippen LogP contribution in [0, 0.1) is 5.41 Å². The van der Waals surface area contributed by atoms with E-state index in [1.54, 1.807) is 6.20 Å². The van der Waals surface area contributed by atoms with Gasteiger partial charge in [-0.15, -0.1) is 0 Å². The molecule has 0 radical (unpaired) electrons. The Morgan fingerprint density at radius 3 is 2.62 bits per heavy atom. The van der Waals surface area contributed by atoms with Gasteiger partial charge in [0.2, 0.25) is 0 Å². The van der Waals surface area contributed by atoms with E-state index in [2.05, 4.69) is 20.9 Å². The number of Topliss-reactive ketones (excluding diaryl/α,β-unsaturated/α-hetero) is 1. The molecule has 0 saturated carbocycles. The number of aromatic amines is 1. The lowest BCUT2D eigenvalue weighted by Crippen LogP contribution is -2.19. The van der Waals surface area contributed by atoms with E-state index >= 15 is 0 Å². The third-order valence-corrected chi connectivity index (χ3v) is 3.06. The zero-order chi connectivity index (χ0) is 11.9. The molecule has 1 heterocycles. The van der Waals surface area contributed by atoms with Crippen LogP contribution in [0.4, 0.5) is 0 Å².